The van der Waals surface area contributed by atoms with Crippen LogP contribution in [0.1, 0.15) is 12.8 Å². The van der Waals surface area contributed by atoms with Gasteiger partial charge < -0.3 is 15.2 Å². The van der Waals surface area contributed by atoms with Gasteiger partial charge in [0.25, 0.3) is 5.91 Å². The Balaban J connectivity index is 2.02. The highest BCUT2D eigenvalue weighted by Crippen LogP contribution is 2.27. The van der Waals surface area contributed by atoms with Crippen molar-refractivity contribution in [2.45, 2.75) is 25.0 Å². The Morgan fingerprint density at radius 1 is 1.26 bits per heavy atom. The molecule has 19 heavy (non-hydrogen) atoms. The number of hydrogen-bond acceptors (Lipinski definition) is 3. The van der Waals surface area contributed by atoms with E-state index in [2.05, 4.69) is 37.2 Å². The van der Waals surface area contributed by atoms with Crippen LogP contribution in [0.2, 0.25) is 0 Å². The van der Waals surface area contributed by atoms with Gasteiger partial charge in [0.15, 0.2) is 6.10 Å². The Bertz CT molecular complexity index is 520. The molecule has 1 aromatic carbocycles. The van der Waals surface area contributed by atoms with E-state index < -0.39 is 18.2 Å². The molecular formula is C12H11Br2NO4. The molecule has 0 saturated carbocycles. The summed E-state index contributed by atoms with van der Waals surface area (Å²) in [6.07, 6.45) is -0.838. The van der Waals surface area contributed by atoms with Crippen molar-refractivity contribution in [2.75, 3.05) is 5.32 Å². The van der Waals surface area contributed by atoms with Gasteiger partial charge in [-0.25, -0.2) is 4.79 Å². The SMILES string of the molecule is O=C(O)C1CCC(C(=O)Nc2cc(Br)ccc2Br)O1. The molecule has 1 fully saturated rings. The summed E-state index contributed by atoms with van der Waals surface area (Å²) in [7, 11) is 0. The van der Waals surface area contributed by atoms with Crippen molar-refractivity contribution in [3.8, 4) is 0 Å². The molecule has 0 aliphatic carbocycles. The minimum Gasteiger partial charge on any atom is -0.479 e. The third-order valence-electron chi connectivity index (χ3n) is 2.77. The zero-order chi connectivity index (χ0) is 14.0. The Morgan fingerprint density at radius 3 is 2.58 bits per heavy atom. The number of rotatable bonds is 3. The normalized spacial score (nSPS) is 22.2. The van der Waals surface area contributed by atoms with Crippen molar-refractivity contribution in [1.29, 1.82) is 0 Å². The molecule has 1 heterocycles. The summed E-state index contributed by atoms with van der Waals surface area (Å²) in [6.45, 7) is 0. The van der Waals surface area contributed by atoms with Gasteiger partial charge in [-0.3, -0.25) is 4.79 Å². The number of halogens is 2. The zero-order valence-electron chi connectivity index (χ0n) is 9.73. The minimum absolute atomic E-state index is 0.331. The van der Waals surface area contributed by atoms with Gasteiger partial charge in [0, 0.05) is 8.95 Å². The number of carbonyl (C=O) groups excluding carboxylic acids is 1. The Morgan fingerprint density at radius 2 is 1.95 bits per heavy atom. The second-order valence-electron chi connectivity index (χ2n) is 4.14. The Kier molecular flexibility index (Phi) is 4.59. The van der Waals surface area contributed by atoms with E-state index in [1.807, 2.05) is 6.07 Å². The predicted molar refractivity (Wildman–Crippen MR) is 76.0 cm³/mol. The summed E-state index contributed by atoms with van der Waals surface area (Å²) in [5.74, 6) is -1.36. The zero-order valence-corrected chi connectivity index (χ0v) is 12.9. The van der Waals surface area contributed by atoms with Gasteiger partial charge in [0.1, 0.15) is 6.10 Å². The van der Waals surface area contributed by atoms with Crippen LogP contribution in [-0.4, -0.2) is 29.2 Å². The van der Waals surface area contributed by atoms with Gasteiger partial charge in [0.05, 0.1) is 5.69 Å². The number of ether oxygens (including phenoxy) is 1. The molecule has 5 nitrogen and oxygen atoms in total. The molecule has 1 aromatic rings. The van der Waals surface area contributed by atoms with Crippen molar-refractivity contribution in [3.05, 3.63) is 27.1 Å². The molecule has 1 aliphatic rings. The number of aliphatic carboxylic acids is 1. The van der Waals surface area contributed by atoms with Gasteiger partial charge in [-0.15, -0.1) is 0 Å². The van der Waals surface area contributed by atoms with Crippen LogP contribution in [0, 0.1) is 0 Å². The maximum Gasteiger partial charge on any atom is 0.332 e. The molecule has 1 saturated heterocycles. The second kappa shape index (κ2) is 6.02. The average molecular weight is 393 g/mol. The minimum atomic E-state index is -1.03. The summed E-state index contributed by atoms with van der Waals surface area (Å²) >= 11 is 6.65. The number of carboxylic acids is 1. The summed E-state index contributed by atoms with van der Waals surface area (Å²) in [6, 6.07) is 5.40. The molecule has 2 atom stereocenters. The van der Waals surface area contributed by atoms with E-state index in [0.29, 0.717) is 18.5 Å². The van der Waals surface area contributed by atoms with Gasteiger partial charge in [-0.05, 0) is 47.0 Å². The van der Waals surface area contributed by atoms with Crippen molar-refractivity contribution < 1.29 is 19.4 Å². The number of carbonyl (C=O) groups is 2. The van der Waals surface area contributed by atoms with E-state index in [0.717, 1.165) is 8.95 Å². The first-order valence-electron chi connectivity index (χ1n) is 5.61. The summed E-state index contributed by atoms with van der Waals surface area (Å²) in [5.41, 5.74) is 0.613. The number of amides is 1. The fourth-order valence-corrected chi connectivity index (χ4v) is 2.53. The quantitative estimate of drug-likeness (QED) is 0.829. The first kappa shape index (κ1) is 14.5. The van der Waals surface area contributed by atoms with Crippen molar-refractivity contribution in [2.24, 2.45) is 0 Å². The summed E-state index contributed by atoms with van der Waals surface area (Å²) < 4.78 is 6.77. The summed E-state index contributed by atoms with van der Waals surface area (Å²) in [5, 5.41) is 11.5. The smallest absolute Gasteiger partial charge is 0.332 e. The number of nitrogens with one attached hydrogen (secondary N) is 1. The molecular weight excluding hydrogens is 382 g/mol. The number of anilines is 1. The average Bonchev–Trinajstić information content (AvgIpc) is 2.83. The fraction of sp³-hybridized carbons (Fsp3) is 0.333. The highest BCUT2D eigenvalue weighted by molar-refractivity contribution is 9.11. The van der Waals surface area contributed by atoms with Crippen LogP contribution in [0.3, 0.4) is 0 Å². The van der Waals surface area contributed by atoms with E-state index in [-0.39, 0.29) is 5.91 Å². The van der Waals surface area contributed by atoms with Gasteiger partial charge in [-0.1, -0.05) is 15.9 Å². The third-order valence-corrected chi connectivity index (χ3v) is 3.96. The maximum atomic E-state index is 12.0. The van der Waals surface area contributed by atoms with E-state index >= 15 is 0 Å². The van der Waals surface area contributed by atoms with Crippen LogP contribution in [-0.2, 0) is 14.3 Å². The Hall–Kier alpha value is -0.920. The van der Waals surface area contributed by atoms with E-state index in [1.165, 1.54) is 0 Å². The lowest BCUT2D eigenvalue weighted by Crippen LogP contribution is -2.30. The molecule has 0 spiro atoms. The number of benzene rings is 1. The molecule has 1 aliphatic heterocycles. The van der Waals surface area contributed by atoms with Gasteiger partial charge >= 0.3 is 5.97 Å². The molecule has 1 amide bonds. The predicted octanol–water partition coefficient (Wildman–Crippen LogP) is 2.78. The molecule has 2 unspecified atom stereocenters. The van der Waals surface area contributed by atoms with Crippen LogP contribution in [0.15, 0.2) is 27.1 Å². The highest BCUT2D eigenvalue weighted by Gasteiger charge is 2.34. The van der Waals surface area contributed by atoms with Crippen LogP contribution in [0.5, 0.6) is 0 Å². The van der Waals surface area contributed by atoms with E-state index in [9.17, 15) is 9.59 Å². The molecule has 7 heteroatoms. The molecule has 0 radical (unpaired) electrons. The van der Waals surface area contributed by atoms with E-state index in [1.54, 1.807) is 12.1 Å². The van der Waals surface area contributed by atoms with Crippen molar-refractivity contribution >= 4 is 49.4 Å². The molecule has 102 valence electrons. The van der Waals surface area contributed by atoms with Crippen LogP contribution in [0.4, 0.5) is 5.69 Å². The fourth-order valence-electron chi connectivity index (χ4n) is 1.82. The van der Waals surface area contributed by atoms with Crippen molar-refractivity contribution in [1.82, 2.24) is 0 Å². The van der Waals surface area contributed by atoms with Crippen LogP contribution < -0.4 is 5.32 Å². The third kappa shape index (κ3) is 3.55. The lowest BCUT2D eigenvalue weighted by Gasteiger charge is -2.13. The van der Waals surface area contributed by atoms with Crippen LogP contribution >= 0.6 is 31.9 Å². The lowest BCUT2D eigenvalue weighted by molar-refractivity contribution is -0.150. The number of hydrogen-bond donors (Lipinski definition) is 2. The maximum absolute atomic E-state index is 12.0. The number of carboxylic acid groups (broad SMARTS) is 1. The van der Waals surface area contributed by atoms with E-state index in [4.69, 9.17) is 9.84 Å². The van der Waals surface area contributed by atoms with Gasteiger partial charge in [-0.2, -0.15) is 0 Å². The van der Waals surface area contributed by atoms with Crippen LogP contribution in [0.25, 0.3) is 0 Å². The second-order valence-corrected chi connectivity index (χ2v) is 5.91. The largest absolute Gasteiger partial charge is 0.479 e. The lowest BCUT2D eigenvalue weighted by atomic mass is 10.2. The standard InChI is InChI=1S/C12H11Br2NO4/c13-6-1-2-7(14)8(5-6)15-11(16)9-3-4-10(19-9)12(17)18/h1-2,5,9-10H,3-4H2,(H,15,16)(H,17,18). The monoisotopic (exact) mass is 391 g/mol. The topological polar surface area (TPSA) is 75.6 Å². The molecule has 2 rings (SSSR count). The summed E-state index contributed by atoms with van der Waals surface area (Å²) in [4.78, 5) is 22.7. The van der Waals surface area contributed by atoms with Gasteiger partial charge in [0.2, 0.25) is 0 Å². The first-order valence-corrected chi connectivity index (χ1v) is 7.20. The molecule has 0 bridgehead atoms. The Labute approximate surface area is 126 Å². The highest BCUT2D eigenvalue weighted by atomic mass is 79.9. The first-order chi connectivity index (χ1) is 8.97. The van der Waals surface area contributed by atoms with Crippen molar-refractivity contribution in [3.63, 3.8) is 0 Å². The molecule has 0 aromatic heterocycles. The molecule has 2 N–H and O–H groups in total.